The molecule has 21 heavy (non-hydrogen) atoms. The topological polar surface area (TPSA) is 27.0 Å². The van der Waals surface area contributed by atoms with Crippen LogP contribution in [0.25, 0.3) is 0 Å². The molecule has 0 radical (unpaired) electrons. The molecular formula is C15H34N2Si4. The number of nitriles is 1. The average Bonchev–Trinajstić information content (AvgIpc) is 2.32. The summed E-state index contributed by atoms with van der Waals surface area (Å²) in [4.78, 5) is 0. The standard InChI is InChI=1S/C15H34N2Si4/c1-10-15(13-14-16)17(18(11-2)20(4,5)6)19(12-3)21(7,8)9/h1,15,18-19H,11-13H2,2-9H3. The first kappa shape index (κ1) is 20.9. The van der Waals surface area contributed by atoms with E-state index in [4.69, 9.17) is 6.42 Å². The summed E-state index contributed by atoms with van der Waals surface area (Å²) in [7, 11) is -4.44. The van der Waals surface area contributed by atoms with Gasteiger partial charge in [-0.2, -0.15) is 5.26 Å². The maximum Gasteiger partial charge on any atom is 0.0952 e. The second-order valence-corrected chi connectivity index (χ2v) is 37.4. The minimum Gasteiger partial charge on any atom is -0.340 e. The Bertz CT molecular complexity index is 376. The van der Waals surface area contributed by atoms with E-state index in [0.717, 1.165) is 0 Å². The van der Waals surface area contributed by atoms with Crippen LogP contribution in [-0.2, 0) is 0 Å². The van der Waals surface area contributed by atoms with E-state index in [9.17, 15) is 5.26 Å². The maximum absolute atomic E-state index is 9.21. The molecule has 0 aliphatic carbocycles. The molecule has 6 heteroatoms. The SMILES string of the molecule is C#CC(CC#N)N([SiH](CC)[Si](C)(C)C)[SiH](CC)[Si](C)(C)C. The fourth-order valence-electron chi connectivity index (χ4n) is 3.53. The van der Waals surface area contributed by atoms with E-state index in [1.54, 1.807) is 0 Å². The number of terminal acetylenes is 1. The zero-order valence-corrected chi connectivity index (χ0v) is 19.6. The fourth-order valence-corrected chi connectivity index (χ4v) is 39.3. The van der Waals surface area contributed by atoms with Gasteiger partial charge in [0.15, 0.2) is 0 Å². The minimum absolute atomic E-state index is 0.0849. The van der Waals surface area contributed by atoms with Gasteiger partial charge < -0.3 is 4.23 Å². The molecule has 0 saturated heterocycles. The van der Waals surface area contributed by atoms with Gasteiger partial charge in [-0.05, 0) is 0 Å². The average molecular weight is 355 g/mol. The first-order chi connectivity index (χ1) is 9.54. The van der Waals surface area contributed by atoms with Gasteiger partial charge in [0.2, 0.25) is 0 Å². The molecule has 120 valence electrons. The van der Waals surface area contributed by atoms with Crippen LogP contribution in [0.4, 0.5) is 0 Å². The van der Waals surface area contributed by atoms with E-state index in [2.05, 4.69) is 69.4 Å². The first-order valence-corrected chi connectivity index (χ1v) is 21.4. The Morgan fingerprint density at radius 3 is 1.57 bits per heavy atom. The van der Waals surface area contributed by atoms with Gasteiger partial charge in [0.05, 0.1) is 50.7 Å². The predicted octanol–water partition coefficient (Wildman–Crippen LogP) is 3.52. The summed E-state index contributed by atoms with van der Waals surface area (Å²) in [5, 5.41) is 9.21. The summed E-state index contributed by atoms with van der Waals surface area (Å²) in [6.45, 7) is 19.7. The van der Waals surface area contributed by atoms with Crippen LogP contribution in [0.5, 0.6) is 0 Å². The molecule has 0 aromatic heterocycles. The number of hydrogen-bond donors (Lipinski definition) is 0. The van der Waals surface area contributed by atoms with E-state index in [-0.39, 0.29) is 6.04 Å². The van der Waals surface area contributed by atoms with Crippen LogP contribution in [-0.4, -0.2) is 42.4 Å². The second-order valence-electron chi connectivity index (χ2n) is 8.07. The van der Waals surface area contributed by atoms with Gasteiger partial charge >= 0.3 is 0 Å². The quantitative estimate of drug-likeness (QED) is 0.492. The molecule has 0 bridgehead atoms. The van der Waals surface area contributed by atoms with Crippen molar-refractivity contribution >= 4 is 32.1 Å². The van der Waals surface area contributed by atoms with Crippen molar-refractivity contribution in [1.82, 2.24) is 4.23 Å². The van der Waals surface area contributed by atoms with Crippen LogP contribution in [0.1, 0.15) is 20.3 Å². The zero-order valence-electron chi connectivity index (χ0n) is 15.3. The summed E-state index contributed by atoms with van der Waals surface area (Å²) < 4.78 is 2.86. The molecule has 0 aliphatic rings. The Balaban J connectivity index is 5.88. The predicted molar refractivity (Wildman–Crippen MR) is 107 cm³/mol. The molecule has 3 atom stereocenters. The second kappa shape index (κ2) is 8.49. The van der Waals surface area contributed by atoms with Gasteiger partial charge in [0.1, 0.15) is 0 Å². The fraction of sp³-hybridized carbons (Fsp3) is 0.800. The molecule has 0 aliphatic heterocycles. The van der Waals surface area contributed by atoms with E-state index < -0.39 is 32.1 Å². The molecular weight excluding hydrogens is 321 g/mol. The van der Waals surface area contributed by atoms with E-state index >= 15 is 0 Å². The zero-order chi connectivity index (χ0) is 16.8. The van der Waals surface area contributed by atoms with Crippen LogP contribution in [0.15, 0.2) is 0 Å². The largest absolute Gasteiger partial charge is 0.340 e. The third kappa shape index (κ3) is 5.88. The van der Waals surface area contributed by atoms with Crippen molar-refractivity contribution in [1.29, 1.82) is 5.26 Å². The lowest BCUT2D eigenvalue weighted by atomic mass is 10.2. The van der Waals surface area contributed by atoms with Crippen molar-refractivity contribution in [3.8, 4) is 18.4 Å². The normalized spacial score (nSPS) is 16.9. The van der Waals surface area contributed by atoms with Crippen molar-refractivity contribution in [2.45, 2.75) is 77.7 Å². The first-order valence-electron chi connectivity index (χ1n) is 8.15. The molecule has 0 fully saturated rings. The lowest BCUT2D eigenvalue weighted by Gasteiger charge is -2.48. The summed E-state index contributed by atoms with van der Waals surface area (Å²) in [6, 6.07) is 5.03. The summed E-state index contributed by atoms with van der Waals surface area (Å²) in [5.41, 5.74) is 0. The monoisotopic (exact) mass is 354 g/mol. The molecule has 0 aromatic rings. The molecule has 0 aromatic carbocycles. The summed E-state index contributed by atoms with van der Waals surface area (Å²) in [6.07, 6.45) is 6.38. The van der Waals surface area contributed by atoms with E-state index in [1.807, 2.05) is 0 Å². The van der Waals surface area contributed by atoms with Crippen molar-refractivity contribution in [3.63, 3.8) is 0 Å². The van der Waals surface area contributed by atoms with Crippen LogP contribution >= 0.6 is 0 Å². The molecule has 0 N–H and O–H groups in total. The Morgan fingerprint density at radius 1 is 1.00 bits per heavy atom. The Morgan fingerprint density at radius 2 is 1.38 bits per heavy atom. The lowest BCUT2D eigenvalue weighted by Crippen LogP contribution is -2.69. The van der Waals surface area contributed by atoms with Crippen molar-refractivity contribution in [3.05, 3.63) is 0 Å². The van der Waals surface area contributed by atoms with Crippen molar-refractivity contribution < 1.29 is 0 Å². The molecule has 0 heterocycles. The minimum atomic E-state index is -1.20. The number of rotatable bonds is 8. The van der Waals surface area contributed by atoms with Gasteiger partial charge in [0, 0.05) is 0 Å². The van der Waals surface area contributed by atoms with Crippen LogP contribution in [0.3, 0.4) is 0 Å². The summed E-state index contributed by atoms with van der Waals surface area (Å²) >= 11 is 0. The highest BCUT2D eigenvalue weighted by Gasteiger charge is 2.43. The molecule has 0 rings (SSSR count). The van der Waals surface area contributed by atoms with E-state index in [1.165, 1.54) is 12.1 Å². The van der Waals surface area contributed by atoms with Crippen molar-refractivity contribution in [2.24, 2.45) is 0 Å². The Labute approximate surface area is 137 Å². The molecule has 0 saturated carbocycles. The molecule has 0 amide bonds. The van der Waals surface area contributed by atoms with Crippen LogP contribution < -0.4 is 0 Å². The van der Waals surface area contributed by atoms with E-state index in [0.29, 0.717) is 6.42 Å². The van der Waals surface area contributed by atoms with Gasteiger partial charge in [-0.25, -0.2) is 0 Å². The molecule has 0 spiro atoms. The van der Waals surface area contributed by atoms with Crippen molar-refractivity contribution in [2.75, 3.05) is 0 Å². The third-order valence-corrected chi connectivity index (χ3v) is 32.2. The Kier molecular flexibility index (Phi) is 8.44. The lowest BCUT2D eigenvalue weighted by molar-refractivity contribution is 0.566. The molecule has 2 nitrogen and oxygen atoms in total. The smallest absolute Gasteiger partial charge is 0.0952 e. The number of hydrogen-bond acceptors (Lipinski definition) is 2. The highest BCUT2D eigenvalue weighted by atomic mass is 29.3. The number of nitrogens with zero attached hydrogens (tertiary/aromatic N) is 2. The third-order valence-electron chi connectivity index (χ3n) is 4.33. The maximum atomic E-state index is 9.21. The Hall–Kier alpha value is -0.122. The van der Waals surface area contributed by atoms with Gasteiger partial charge in [-0.1, -0.05) is 71.1 Å². The molecule has 3 unspecified atom stereocenters. The highest BCUT2D eigenvalue weighted by molar-refractivity contribution is 7.38. The summed E-state index contributed by atoms with van der Waals surface area (Å²) in [5.74, 6) is 2.99. The van der Waals surface area contributed by atoms with Gasteiger partial charge in [-0.3, -0.25) is 0 Å². The van der Waals surface area contributed by atoms with Crippen LogP contribution in [0.2, 0.25) is 51.4 Å². The van der Waals surface area contributed by atoms with Crippen LogP contribution in [0, 0.1) is 23.7 Å². The van der Waals surface area contributed by atoms with Gasteiger partial charge in [0.25, 0.3) is 0 Å². The van der Waals surface area contributed by atoms with Gasteiger partial charge in [-0.15, -0.1) is 6.42 Å². The highest BCUT2D eigenvalue weighted by Crippen LogP contribution is 2.25.